The summed E-state index contributed by atoms with van der Waals surface area (Å²) in [5.74, 6) is 0.665. The maximum atomic E-state index is 11.9. The molecule has 0 saturated carbocycles. The zero-order chi connectivity index (χ0) is 13.7. The third-order valence-electron chi connectivity index (χ3n) is 2.61. The first-order valence-electron chi connectivity index (χ1n) is 5.88. The molecule has 2 aromatic rings. The van der Waals surface area contributed by atoms with Crippen LogP contribution in [-0.4, -0.2) is 5.12 Å². The van der Waals surface area contributed by atoms with Crippen molar-refractivity contribution in [2.75, 3.05) is 5.73 Å². The van der Waals surface area contributed by atoms with Crippen LogP contribution < -0.4 is 5.73 Å². The molecule has 0 atom stereocenters. The van der Waals surface area contributed by atoms with E-state index in [0.717, 1.165) is 11.1 Å². The molecule has 0 unspecified atom stereocenters. The van der Waals surface area contributed by atoms with Crippen molar-refractivity contribution in [3.63, 3.8) is 0 Å². The normalized spacial score (nSPS) is 10.4. The fourth-order valence-electron chi connectivity index (χ4n) is 1.67. The lowest BCUT2D eigenvalue weighted by atomic mass is 10.1. The molecular formula is C15H14ClNOS. The fourth-order valence-corrected chi connectivity index (χ4v) is 2.58. The quantitative estimate of drug-likeness (QED) is 0.868. The van der Waals surface area contributed by atoms with Crippen LogP contribution in [-0.2, 0) is 17.0 Å². The number of nitrogen functional groups attached to an aromatic ring is 1. The van der Waals surface area contributed by atoms with Crippen LogP contribution in [0.5, 0.6) is 0 Å². The molecule has 0 spiro atoms. The van der Waals surface area contributed by atoms with Gasteiger partial charge in [0.25, 0.3) is 0 Å². The van der Waals surface area contributed by atoms with Gasteiger partial charge < -0.3 is 5.73 Å². The standard InChI is InChI=1S/C15H14ClNOS/c16-13-6-4-11(5-7-13)10-19-15(18)9-12-2-1-3-14(17)8-12/h1-8H,9-10,17H2. The van der Waals surface area contributed by atoms with Crippen LogP contribution in [0.15, 0.2) is 48.5 Å². The molecule has 0 aromatic heterocycles. The van der Waals surface area contributed by atoms with Crippen molar-refractivity contribution in [1.29, 1.82) is 0 Å². The number of benzene rings is 2. The maximum Gasteiger partial charge on any atom is 0.193 e. The highest BCUT2D eigenvalue weighted by Gasteiger charge is 2.05. The number of carbonyl (C=O) groups is 1. The third kappa shape index (κ3) is 4.62. The van der Waals surface area contributed by atoms with Crippen LogP contribution in [0.2, 0.25) is 5.02 Å². The largest absolute Gasteiger partial charge is 0.399 e. The topological polar surface area (TPSA) is 43.1 Å². The number of hydrogen-bond donors (Lipinski definition) is 1. The van der Waals surface area contributed by atoms with Gasteiger partial charge in [-0.25, -0.2) is 0 Å². The second-order valence-corrected chi connectivity index (χ2v) is 5.68. The highest BCUT2D eigenvalue weighted by Crippen LogP contribution is 2.18. The van der Waals surface area contributed by atoms with Crippen molar-refractivity contribution in [2.45, 2.75) is 12.2 Å². The molecule has 2 aromatic carbocycles. The molecule has 4 heteroatoms. The predicted octanol–water partition coefficient (Wildman–Crippen LogP) is 3.92. The smallest absolute Gasteiger partial charge is 0.193 e. The van der Waals surface area contributed by atoms with Gasteiger partial charge in [-0.3, -0.25) is 4.79 Å². The molecule has 0 aliphatic heterocycles. The van der Waals surface area contributed by atoms with Gasteiger partial charge in [0, 0.05) is 22.9 Å². The summed E-state index contributed by atoms with van der Waals surface area (Å²) in [6.45, 7) is 0. The van der Waals surface area contributed by atoms with Gasteiger partial charge in [-0.15, -0.1) is 0 Å². The van der Waals surface area contributed by atoms with Gasteiger partial charge in [0.1, 0.15) is 0 Å². The first kappa shape index (κ1) is 14.0. The van der Waals surface area contributed by atoms with Crippen LogP contribution in [0, 0.1) is 0 Å². The number of hydrogen-bond acceptors (Lipinski definition) is 3. The Labute approximate surface area is 122 Å². The van der Waals surface area contributed by atoms with Gasteiger partial charge in [0.05, 0.1) is 0 Å². The lowest BCUT2D eigenvalue weighted by molar-refractivity contribution is -0.110. The molecule has 2 N–H and O–H groups in total. The van der Waals surface area contributed by atoms with E-state index in [-0.39, 0.29) is 5.12 Å². The number of rotatable bonds is 4. The molecule has 2 rings (SSSR count). The lowest BCUT2D eigenvalue weighted by Gasteiger charge is -2.03. The van der Waals surface area contributed by atoms with Crippen molar-refractivity contribution >= 4 is 34.2 Å². The molecule has 0 aliphatic rings. The SMILES string of the molecule is Nc1cccc(CC(=O)SCc2ccc(Cl)cc2)c1. The summed E-state index contributed by atoms with van der Waals surface area (Å²) in [7, 11) is 0. The van der Waals surface area contributed by atoms with E-state index in [0.29, 0.717) is 22.9 Å². The maximum absolute atomic E-state index is 11.9. The molecule has 19 heavy (non-hydrogen) atoms. The molecule has 0 fully saturated rings. The van der Waals surface area contributed by atoms with Gasteiger partial charge in [-0.2, -0.15) is 0 Å². The number of nitrogens with two attached hydrogens (primary N) is 1. The summed E-state index contributed by atoms with van der Waals surface area (Å²) < 4.78 is 0. The van der Waals surface area contributed by atoms with Gasteiger partial charge in [0.2, 0.25) is 0 Å². The number of carbonyl (C=O) groups excluding carboxylic acids is 1. The molecule has 0 radical (unpaired) electrons. The first-order valence-corrected chi connectivity index (χ1v) is 7.24. The summed E-state index contributed by atoms with van der Waals surface area (Å²) in [5, 5.41) is 0.848. The Balaban J connectivity index is 1.86. The van der Waals surface area contributed by atoms with E-state index in [2.05, 4.69) is 0 Å². The summed E-state index contributed by atoms with van der Waals surface area (Å²) >= 11 is 7.12. The summed E-state index contributed by atoms with van der Waals surface area (Å²) in [6.07, 6.45) is 0.406. The zero-order valence-electron chi connectivity index (χ0n) is 10.3. The molecule has 0 saturated heterocycles. The zero-order valence-corrected chi connectivity index (χ0v) is 11.9. The number of halogens is 1. The van der Waals surface area contributed by atoms with Gasteiger partial charge >= 0.3 is 0 Å². The summed E-state index contributed by atoms with van der Waals surface area (Å²) in [5.41, 5.74) is 8.42. The van der Waals surface area contributed by atoms with Crippen molar-refractivity contribution in [2.24, 2.45) is 0 Å². The Morgan fingerprint density at radius 3 is 2.53 bits per heavy atom. The van der Waals surface area contributed by atoms with Crippen LogP contribution in [0.3, 0.4) is 0 Å². The van der Waals surface area contributed by atoms with E-state index < -0.39 is 0 Å². The van der Waals surface area contributed by atoms with Crippen molar-refractivity contribution in [1.82, 2.24) is 0 Å². The van der Waals surface area contributed by atoms with E-state index in [1.54, 1.807) is 0 Å². The monoisotopic (exact) mass is 291 g/mol. The van der Waals surface area contributed by atoms with E-state index >= 15 is 0 Å². The van der Waals surface area contributed by atoms with E-state index in [9.17, 15) is 4.79 Å². The highest BCUT2D eigenvalue weighted by atomic mass is 35.5. The molecule has 0 amide bonds. The highest BCUT2D eigenvalue weighted by molar-refractivity contribution is 8.12. The Morgan fingerprint density at radius 2 is 1.84 bits per heavy atom. The van der Waals surface area contributed by atoms with Gasteiger partial charge in [-0.05, 0) is 35.4 Å². The second-order valence-electron chi connectivity index (χ2n) is 4.21. The van der Waals surface area contributed by atoms with E-state index in [4.69, 9.17) is 17.3 Å². The minimum Gasteiger partial charge on any atom is -0.399 e. The average molecular weight is 292 g/mol. The van der Waals surface area contributed by atoms with Crippen LogP contribution >= 0.6 is 23.4 Å². The average Bonchev–Trinajstić information content (AvgIpc) is 2.38. The Morgan fingerprint density at radius 1 is 1.11 bits per heavy atom. The number of anilines is 1. The molecule has 98 valence electrons. The van der Waals surface area contributed by atoms with Crippen LogP contribution in [0.1, 0.15) is 11.1 Å². The van der Waals surface area contributed by atoms with Crippen molar-refractivity contribution in [3.8, 4) is 0 Å². The van der Waals surface area contributed by atoms with Gasteiger partial charge in [0.15, 0.2) is 5.12 Å². The van der Waals surface area contributed by atoms with Crippen LogP contribution in [0.25, 0.3) is 0 Å². The molecule has 0 bridgehead atoms. The van der Waals surface area contributed by atoms with Crippen molar-refractivity contribution in [3.05, 3.63) is 64.7 Å². The second kappa shape index (κ2) is 6.64. The lowest BCUT2D eigenvalue weighted by Crippen LogP contribution is -1.99. The Kier molecular flexibility index (Phi) is 4.88. The molecule has 0 aliphatic carbocycles. The van der Waals surface area contributed by atoms with Crippen molar-refractivity contribution < 1.29 is 4.79 Å². The third-order valence-corrected chi connectivity index (χ3v) is 3.81. The first-order chi connectivity index (χ1) is 9.13. The molecule has 2 nitrogen and oxygen atoms in total. The van der Waals surface area contributed by atoms with E-state index in [1.807, 2.05) is 48.5 Å². The Hall–Kier alpha value is -1.45. The minimum absolute atomic E-state index is 0.139. The molecular weight excluding hydrogens is 278 g/mol. The van der Waals surface area contributed by atoms with E-state index in [1.165, 1.54) is 11.8 Å². The number of thioether (sulfide) groups is 1. The van der Waals surface area contributed by atoms with Gasteiger partial charge in [-0.1, -0.05) is 47.6 Å². The minimum atomic E-state index is 0.139. The summed E-state index contributed by atoms with van der Waals surface area (Å²) in [6, 6.07) is 15.0. The Bertz CT molecular complexity index is 569. The van der Waals surface area contributed by atoms with Crippen LogP contribution in [0.4, 0.5) is 5.69 Å². The molecule has 0 heterocycles. The fraction of sp³-hybridized carbons (Fsp3) is 0.133. The summed E-state index contributed by atoms with van der Waals surface area (Å²) in [4.78, 5) is 11.9. The predicted molar refractivity (Wildman–Crippen MR) is 82.3 cm³/mol.